The summed E-state index contributed by atoms with van der Waals surface area (Å²) >= 11 is 1.20. The lowest BCUT2D eigenvalue weighted by atomic mass is 9.97. The second kappa shape index (κ2) is 4.17. The second-order valence-corrected chi connectivity index (χ2v) is 6.15. The van der Waals surface area contributed by atoms with Crippen LogP contribution in [-0.4, -0.2) is 46.0 Å². The molecular formula is C11H17N3O2S. The van der Waals surface area contributed by atoms with Crippen LogP contribution >= 0.6 is 11.8 Å². The van der Waals surface area contributed by atoms with E-state index in [4.69, 9.17) is 5.73 Å². The van der Waals surface area contributed by atoms with Gasteiger partial charge in [-0.15, -0.1) is 0 Å². The molecule has 0 aromatic rings. The zero-order valence-electron chi connectivity index (χ0n) is 9.59. The molecule has 2 amide bonds. The van der Waals surface area contributed by atoms with Gasteiger partial charge in [-0.25, -0.2) is 0 Å². The molecule has 3 N–H and O–H groups in total. The summed E-state index contributed by atoms with van der Waals surface area (Å²) in [5.41, 5.74) is 5.98. The van der Waals surface area contributed by atoms with Crippen molar-refractivity contribution in [2.75, 3.05) is 5.75 Å². The first-order valence-corrected chi connectivity index (χ1v) is 7.15. The Bertz CT molecular complexity index is 349. The number of amides is 2. The van der Waals surface area contributed by atoms with E-state index >= 15 is 0 Å². The van der Waals surface area contributed by atoms with Crippen LogP contribution in [0.3, 0.4) is 0 Å². The van der Waals surface area contributed by atoms with Crippen molar-refractivity contribution in [3.8, 4) is 0 Å². The summed E-state index contributed by atoms with van der Waals surface area (Å²) in [5.74, 6) is 0.669. The minimum Gasteiger partial charge on any atom is -0.335 e. The molecule has 3 fully saturated rings. The van der Waals surface area contributed by atoms with Crippen molar-refractivity contribution in [2.24, 2.45) is 5.73 Å². The van der Waals surface area contributed by atoms with Gasteiger partial charge in [0.2, 0.25) is 5.91 Å². The zero-order valence-corrected chi connectivity index (χ0v) is 10.4. The molecule has 3 unspecified atom stereocenters. The highest BCUT2D eigenvalue weighted by Gasteiger charge is 2.45. The summed E-state index contributed by atoms with van der Waals surface area (Å²) in [6.07, 6.45) is 3.96. The van der Waals surface area contributed by atoms with E-state index in [2.05, 4.69) is 5.32 Å². The van der Waals surface area contributed by atoms with Crippen molar-refractivity contribution >= 4 is 22.9 Å². The van der Waals surface area contributed by atoms with E-state index in [1.165, 1.54) is 11.8 Å². The van der Waals surface area contributed by atoms with E-state index in [1.807, 2.05) is 4.90 Å². The van der Waals surface area contributed by atoms with Gasteiger partial charge in [0.15, 0.2) is 0 Å². The molecule has 3 heterocycles. The first kappa shape index (κ1) is 11.3. The first-order chi connectivity index (χ1) is 8.15. The molecule has 0 aromatic heterocycles. The number of nitrogens with one attached hydrogen (secondary N) is 1. The molecule has 94 valence electrons. The van der Waals surface area contributed by atoms with Crippen LogP contribution in [0.1, 0.15) is 25.7 Å². The van der Waals surface area contributed by atoms with E-state index < -0.39 is 0 Å². The first-order valence-electron chi connectivity index (χ1n) is 6.16. The monoisotopic (exact) mass is 255 g/mol. The lowest BCUT2D eigenvalue weighted by Crippen LogP contribution is -2.55. The highest BCUT2D eigenvalue weighted by atomic mass is 32.2. The predicted molar refractivity (Wildman–Crippen MR) is 65.6 cm³/mol. The Labute approximate surface area is 104 Å². The fourth-order valence-electron chi connectivity index (χ4n) is 3.28. The zero-order chi connectivity index (χ0) is 12.0. The van der Waals surface area contributed by atoms with Gasteiger partial charge in [-0.05, 0) is 25.7 Å². The van der Waals surface area contributed by atoms with Gasteiger partial charge in [0.1, 0.15) is 6.04 Å². The molecule has 17 heavy (non-hydrogen) atoms. The third kappa shape index (κ3) is 1.93. The molecule has 3 aliphatic rings. The number of carbonyl (C=O) groups is 2. The van der Waals surface area contributed by atoms with Gasteiger partial charge in [-0.2, -0.15) is 0 Å². The van der Waals surface area contributed by atoms with Crippen molar-refractivity contribution in [1.29, 1.82) is 0 Å². The maximum absolute atomic E-state index is 12.4. The molecule has 2 bridgehead atoms. The molecule has 3 rings (SSSR count). The summed E-state index contributed by atoms with van der Waals surface area (Å²) in [6, 6.07) is 0.534. The van der Waals surface area contributed by atoms with Gasteiger partial charge < -0.3 is 16.0 Å². The number of nitrogens with zero attached hydrogens (tertiary/aromatic N) is 1. The van der Waals surface area contributed by atoms with Gasteiger partial charge in [0, 0.05) is 23.9 Å². The number of nitrogens with two attached hydrogens (primary N) is 1. The maximum Gasteiger partial charge on any atom is 0.279 e. The average Bonchev–Trinajstić information content (AvgIpc) is 2.81. The fourth-order valence-corrected chi connectivity index (χ4v) is 4.05. The number of piperidine rings is 1. The second-order valence-electron chi connectivity index (χ2n) is 5.16. The van der Waals surface area contributed by atoms with Crippen LogP contribution in [0.15, 0.2) is 0 Å². The Morgan fingerprint density at radius 2 is 2.00 bits per heavy atom. The molecule has 0 radical (unpaired) electrons. The van der Waals surface area contributed by atoms with Crippen molar-refractivity contribution in [3.05, 3.63) is 0 Å². The molecule has 0 aromatic carbocycles. The largest absolute Gasteiger partial charge is 0.335 e. The summed E-state index contributed by atoms with van der Waals surface area (Å²) in [4.78, 5) is 25.5. The van der Waals surface area contributed by atoms with Gasteiger partial charge in [-0.1, -0.05) is 11.8 Å². The van der Waals surface area contributed by atoms with Gasteiger partial charge in [0.25, 0.3) is 5.24 Å². The van der Waals surface area contributed by atoms with Crippen LogP contribution in [0.2, 0.25) is 0 Å². The number of carbonyl (C=O) groups excluding carboxylic acids is 2. The smallest absolute Gasteiger partial charge is 0.279 e. The van der Waals surface area contributed by atoms with Gasteiger partial charge >= 0.3 is 0 Å². The maximum atomic E-state index is 12.4. The van der Waals surface area contributed by atoms with E-state index in [9.17, 15) is 9.59 Å². The Morgan fingerprint density at radius 1 is 1.35 bits per heavy atom. The molecule has 6 heteroatoms. The third-order valence-electron chi connectivity index (χ3n) is 4.00. The summed E-state index contributed by atoms with van der Waals surface area (Å²) in [6.45, 7) is 0. The highest BCUT2D eigenvalue weighted by molar-refractivity contribution is 8.14. The Kier molecular flexibility index (Phi) is 2.78. The molecular weight excluding hydrogens is 238 g/mol. The van der Waals surface area contributed by atoms with Crippen molar-refractivity contribution in [3.63, 3.8) is 0 Å². The lowest BCUT2D eigenvalue weighted by molar-refractivity contribution is -0.137. The molecule has 5 nitrogen and oxygen atoms in total. The topological polar surface area (TPSA) is 75.4 Å². The molecule has 3 atom stereocenters. The van der Waals surface area contributed by atoms with E-state index in [0.717, 1.165) is 25.7 Å². The Morgan fingerprint density at radius 3 is 2.53 bits per heavy atom. The lowest BCUT2D eigenvalue weighted by Gasteiger charge is -2.38. The Hall–Kier alpha value is -0.750. The average molecular weight is 255 g/mol. The van der Waals surface area contributed by atoms with Crippen LogP contribution in [0, 0.1) is 0 Å². The normalized spacial score (nSPS) is 40.5. The summed E-state index contributed by atoms with van der Waals surface area (Å²) in [7, 11) is 0. The number of hydrogen-bond acceptors (Lipinski definition) is 4. The standard InChI is InChI=1S/C11H17N3O2S/c12-6-3-7-1-2-8(4-6)14(7)10(15)9-5-17-11(16)13-9/h6-9H,1-5,12H2,(H,13,16). The van der Waals surface area contributed by atoms with Crippen molar-refractivity contribution in [1.82, 2.24) is 10.2 Å². The minimum atomic E-state index is -0.315. The molecule has 3 saturated heterocycles. The van der Waals surface area contributed by atoms with Gasteiger partial charge in [-0.3, -0.25) is 9.59 Å². The molecule has 3 aliphatic heterocycles. The van der Waals surface area contributed by atoms with Crippen LogP contribution < -0.4 is 11.1 Å². The predicted octanol–water partition coefficient (Wildman–Crippen LogP) is 0.292. The van der Waals surface area contributed by atoms with Crippen LogP contribution in [-0.2, 0) is 4.79 Å². The van der Waals surface area contributed by atoms with Crippen LogP contribution in [0.4, 0.5) is 4.79 Å². The molecule has 0 saturated carbocycles. The summed E-state index contributed by atoms with van der Waals surface area (Å²) < 4.78 is 0. The Balaban J connectivity index is 1.72. The third-order valence-corrected chi connectivity index (χ3v) is 4.88. The minimum absolute atomic E-state index is 0.0793. The van der Waals surface area contributed by atoms with Crippen molar-refractivity contribution in [2.45, 2.75) is 49.9 Å². The van der Waals surface area contributed by atoms with E-state index in [0.29, 0.717) is 17.8 Å². The van der Waals surface area contributed by atoms with Crippen LogP contribution in [0.5, 0.6) is 0 Å². The van der Waals surface area contributed by atoms with E-state index in [-0.39, 0.29) is 23.2 Å². The summed E-state index contributed by atoms with van der Waals surface area (Å²) in [5, 5.41) is 2.65. The van der Waals surface area contributed by atoms with E-state index in [1.54, 1.807) is 0 Å². The number of thioether (sulfide) groups is 1. The number of hydrogen-bond donors (Lipinski definition) is 2. The highest BCUT2D eigenvalue weighted by Crippen LogP contribution is 2.36. The molecule has 0 aliphatic carbocycles. The van der Waals surface area contributed by atoms with Gasteiger partial charge in [0.05, 0.1) is 0 Å². The quantitative estimate of drug-likeness (QED) is 0.706. The number of fused-ring (bicyclic) bond motifs is 2. The number of rotatable bonds is 1. The molecule has 0 spiro atoms. The fraction of sp³-hybridized carbons (Fsp3) is 0.818. The van der Waals surface area contributed by atoms with Crippen LogP contribution in [0.25, 0.3) is 0 Å². The SMILES string of the molecule is NC1CC2CCC(C1)N2C(=O)C1CSC(=O)N1. The van der Waals surface area contributed by atoms with Crippen molar-refractivity contribution < 1.29 is 9.59 Å².